The van der Waals surface area contributed by atoms with Crippen LogP contribution in [0, 0.1) is 5.82 Å². The maximum absolute atomic E-state index is 13.6. The van der Waals surface area contributed by atoms with Gasteiger partial charge < -0.3 is 20.3 Å². The zero-order valence-corrected chi connectivity index (χ0v) is 21.8. The van der Waals surface area contributed by atoms with Crippen LogP contribution in [0.5, 0.6) is 5.75 Å². The van der Waals surface area contributed by atoms with Crippen molar-refractivity contribution in [2.75, 3.05) is 38.1 Å². The molecule has 0 radical (unpaired) electrons. The Morgan fingerprint density at radius 1 is 1.32 bits per heavy atom. The first-order valence-electron chi connectivity index (χ1n) is 11.7. The third-order valence-corrected chi connectivity index (χ3v) is 7.30. The van der Waals surface area contributed by atoms with Crippen LogP contribution in [0.15, 0.2) is 40.9 Å². The highest BCUT2D eigenvalue weighted by molar-refractivity contribution is 9.10. The first kappa shape index (κ1) is 25.2. The lowest BCUT2D eigenvalue weighted by molar-refractivity contribution is 0.118. The van der Waals surface area contributed by atoms with Gasteiger partial charge >= 0.3 is 6.03 Å². The minimum atomic E-state index is -0.515. The molecule has 2 heterocycles. The van der Waals surface area contributed by atoms with Gasteiger partial charge in [0.15, 0.2) is 0 Å². The molecule has 0 spiro atoms. The predicted molar refractivity (Wildman–Crippen MR) is 137 cm³/mol. The van der Waals surface area contributed by atoms with E-state index in [1.807, 2.05) is 23.1 Å². The molecule has 4 rings (SSSR count). The zero-order valence-electron chi connectivity index (χ0n) is 19.5. The van der Waals surface area contributed by atoms with E-state index in [2.05, 4.69) is 45.3 Å². The minimum Gasteiger partial charge on any atom is -0.491 e. The van der Waals surface area contributed by atoms with Crippen LogP contribution in [-0.2, 0) is 6.42 Å². The predicted octanol–water partition coefficient (Wildman–Crippen LogP) is 5.15. The van der Waals surface area contributed by atoms with Crippen LogP contribution in [0.1, 0.15) is 25.8 Å². The smallest absolute Gasteiger partial charge is 0.322 e. The summed E-state index contributed by atoms with van der Waals surface area (Å²) in [7, 11) is 0. The third-order valence-electron chi connectivity index (χ3n) is 6.52. The van der Waals surface area contributed by atoms with Crippen LogP contribution in [-0.4, -0.2) is 66.7 Å². The monoisotopic (exact) mass is 552 g/mol. The van der Waals surface area contributed by atoms with E-state index in [1.165, 1.54) is 18.2 Å². The SMILES string of the molecule is CC1CN(CCCN(C(=O)Nc2ccc(F)c(Cl)c2)C2COc3ccc(Br)cc3C2)[C@@H](C)CN1. The number of rotatable bonds is 6. The Kier molecular flexibility index (Phi) is 8.34. The van der Waals surface area contributed by atoms with Crippen LogP contribution in [0.3, 0.4) is 0 Å². The zero-order chi connectivity index (χ0) is 24.2. The molecule has 0 saturated carbocycles. The number of nitrogens with one attached hydrogen (secondary N) is 2. The molecule has 1 saturated heterocycles. The molecule has 9 heteroatoms. The molecule has 0 bridgehead atoms. The molecule has 2 N–H and O–H groups in total. The minimum absolute atomic E-state index is 0.0223. The summed E-state index contributed by atoms with van der Waals surface area (Å²) in [5.41, 5.74) is 1.53. The summed E-state index contributed by atoms with van der Waals surface area (Å²) < 4.78 is 20.6. The lowest BCUT2D eigenvalue weighted by Gasteiger charge is -2.39. The Bertz CT molecular complexity index is 1030. The van der Waals surface area contributed by atoms with Crippen LogP contribution in [0.25, 0.3) is 0 Å². The molecular weight excluding hydrogens is 523 g/mol. The largest absolute Gasteiger partial charge is 0.491 e. The summed E-state index contributed by atoms with van der Waals surface area (Å²) in [5, 5.41) is 6.38. The molecule has 34 heavy (non-hydrogen) atoms. The van der Waals surface area contributed by atoms with Gasteiger partial charge in [0.05, 0.1) is 11.1 Å². The molecule has 2 aliphatic heterocycles. The Morgan fingerprint density at radius 2 is 2.15 bits per heavy atom. The van der Waals surface area contributed by atoms with E-state index in [0.717, 1.165) is 41.8 Å². The highest BCUT2D eigenvalue weighted by Crippen LogP contribution is 2.30. The lowest BCUT2D eigenvalue weighted by atomic mass is 10.0. The van der Waals surface area contributed by atoms with Crippen molar-refractivity contribution in [2.24, 2.45) is 0 Å². The fraction of sp³-hybridized carbons (Fsp3) is 0.480. The van der Waals surface area contributed by atoms with Crippen molar-refractivity contribution >= 4 is 39.2 Å². The Labute approximate surface area is 213 Å². The van der Waals surface area contributed by atoms with Gasteiger partial charge in [0, 0.05) is 48.4 Å². The van der Waals surface area contributed by atoms with Crippen molar-refractivity contribution in [3.05, 3.63) is 57.3 Å². The standard InChI is InChI=1S/C25H31BrClFN4O2/c1-16-14-31(17(2)13-29-16)8-3-9-32(25(33)30-20-5-6-23(28)22(27)12-20)21-11-18-10-19(26)4-7-24(18)34-15-21/h4-7,10,12,16-17,21,29H,3,8-9,11,13-15H2,1-2H3,(H,30,33)/t16?,17-,21?/m0/s1. The highest BCUT2D eigenvalue weighted by atomic mass is 79.9. The molecule has 2 amide bonds. The van der Waals surface area contributed by atoms with E-state index >= 15 is 0 Å². The van der Waals surface area contributed by atoms with E-state index < -0.39 is 5.82 Å². The molecule has 2 aromatic rings. The van der Waals surface area contributed by atoms with Gasteiger partial charge in [-0.15, -0.1) is 0 Å². The summed E-state index contributed by atoms with van der Waals surface area (Å²) in [5.74, 6) is 0.340. The van der Waals surface area contributed by atoms with Crippen molar-refractivity contribution in [1.82, 2.24) is 15.1 Å². The molecule has 0 aromatic heterocycles. The van der Waals surface area contributed by atoms with Crippen LogP contribution in [0.2, 0.25) is 5.02 Å². The first-order chi connectivity index (χ1) is 16.3. The van der Waals surface area contributed by atoms with Crippen molar-refractivity contribution in [3.8, 4) is 5.75 Å². The first-order valence-corrected chi connectivity index (χ1v) is 12.9. The third kappa shape index (κ3) is 6.22. The fourth-order valence-corrected chi connectivity index (χ4v) is 5.21. The maximum atomic E-state index is 13.6. The van der Waals surface area contributed by atoms with Crippen LogP contribution >= 0.6 is 27.5 Å². The van der Waals surface area contributed by atoms with Crippen LogP contribution in [0.4, 0.5) is 14.9 Å². The van der Waals surface area contributed by atoms with E-state index in [9.17, 15) is 9.18 Å². The van der Waals surface area contributed by atoms with Crippen molar-refractivity contribution in [3.63, 3.8) is 0 Å². The van der Waals surface area contributed by atoms with Gasteiger partial charge in [-0.3, -0.25) is 4.90 Å². The second-order valence-corrected chi connectivity index (χ2v) is 10.5. The molecule has 0 aliphatic carbocycles. The average molecular weight is 554 g/mol. The van der Waals surface area contributed by atoms with Crippen molar-refractivity contribution < 1.29 is 13.9 Å². The van der Waals surface area contributed by atoms with Crippen molar-refractivity contribution in [2.45, 2.75) is 44.8 Å². The highest BCUT2D eigenvalue weighted by Gasteiger charge is 2.30. The number of fused-ring (bicyclic) bond motifs is 1. The van der Waals surface area contributed by atoms with Crippen molar-refractivity contribution in [1.29, 1.82) is 0 Å². The van der Waals surface area contributed by atoms with E-state index in [1.54, 1.807) is 0 Å². The number of hydrogen-bond acceptors (Lipinski definition) is 4. The number of anilines is 1. The second-order valence-electron chi connectivity index (χ2n) is 9.18. The fourth-order valence-electron chi connectivity index (χ4n) is 4.62. The normalized spacial score (nSPS) is 22.6. The summed E-state index contributed by atoms with van der Waals surface area (Å²) in [6.45, 7) is 8.31. The number of nitrogens with zero attached hydrogens (tertiary/aromatic N) is 2. The van der Waals surface area contributed by atoms with E-state index in [4.69, 9.17) is 16.3 Å². The average Bonchev–Trinajstić information content (AvgIpc) is 2.80. The number of benzene rings is 2. The maximum Gasteiger partial charge on any atom is 0.322 e. The number of carbonyl (C=O) groups is 1. The molecule has 6 nitrogen and oxygen atoms in total. The van der Waals surface area contributed by atoms with Gasteiger partial charge in [0.1, 0.15) is 18.2 Å². The Hall–Kier alpha value is -1.87. The van der Waals surface area contributed by atoms with Gasteiger partial charge in [0.2, 0.25) is 0 Å². The van der Waals surface area contributed by atoms with Gasteiger partial charge in [0.25, 0.3) is 0 Å². The van der Waals surface area contributed by atoms with Gasteiger partial charge in [-0.1, -0.05) is 27.5 Å². The molecule has 2 aliphatic rings. The Morgan fingerprint density at radius 3 is 2.94 bits per heavy atom. The van der Waals surface area contributed by atoms with E-state index in [-0.39, 0.29) is 17.1 Å². The summed E-state index contributed by atoms with van der Waals surface area (Å²) in [6, 6.07) is 10.7. The topological polar surface area (TPSA) is 56.8 Å². The van der Waals surface area contributed by atoms with Gasteiger partial charge in [-0.05, 0) is 68.7 Å². The molecule has 184 valence electrons. The van der Waals surface area contributed by atoms with Gasteiger partial charge in [-0.2, -0.15) is 0 Å². The number of piperazine rings is 1. The molecule has 2 aromatic carbocycles. The number of carbonyl (C=O) groups excluding carboxylic acids is 1. The number of hydrogen-bond donors (Lipinski definition) is 2. The second kappa shape index (κ2) is 11.2. The quantitative estimate of drug-likeness (QED) is 0.519. The lowest BCUT2D eigenvalue weighted by Crippen LogP contribution is -2.55. The summed E-state index contributed by atoms with van der Waals surface area (Å²) in [4.78, 5) is 17.7. The molecule has 1 fully saturated rings. The Balaban J connectivity index is 1.47. The summed E-state index contributed by atoms with van der Waals surface area (Å²) >= 11 is 9.44. The molecular formula is C25H31BrClFN4O2. The number of ether oxygens (including phenoxy) is 1. The van der Waals surface area contributed by atoms with Crippen LogP contribution < -0.4 is 15.4 Å². The number of amides is 2. The summed E-state index contributed by atoms with van der Waals surface area (Å²) in [6.07, 6.45) is 1.55. The molecule has 3 atom stereocenters. The van der Waals surface area contributed by atoms with E-state index in [0.29, 0.717) is 37.3 Å². The number of urea groups is 1. The number of halogens is 3. The molecule has 2 unspecified atom stereocenters. The van der Waals surface area contributed by atoms with Gasteiger partial charge in [-0.25, -0.2) is 9.18 Å².